The molecule has 0 aliphatic heterocycles. The zero-order chi connectivity index (χ0) is 27.5. The van der Waals surface area contributed by atoms with E-state index in [2.05, 4.69) is 16.0 Å². The quantitative estimate of drug-likeness (QED) is 0.179. The van der Waals surface area contributed by atoms with Gasteiger partial charge in [0, 0.05) is 6.42 Å². The normalized spacial score (nSPS) is 15.8. The van der Waals surface area contributed by atoms with Crippen molar-refractivity contribution < 1.29 is 34.5 Å². The minimum absolute atomic E-state index is 0.0655. The highest BCUT2D eigenvalue weighted by atomic mass is 16.4. The molecule has 200 valence electrons. The van der Waals surface area contributed by atoms with E-state index in [1.165, 1.54) is 13.8 Å². The highest BCUT2D eigenvalue weighted by Crippen LogP contribution is 2.07. The second-order valence-electron chi connectivity index (χ2n) is 8.84. The Morgan fingerprint density at radius 1 is 0.703 bits per heavy atom. The standard InChI is InChI=1S/C26H34N4O7/c1-15(31)21(25(35)30-22(16(2)32)26(36)37)29-24(34)20(14-18-11-7-4-8-12-18)28-23(33)19(27)13-17-9-5-3-6-10-17/h3-12,15-16,19-22,31-32H,13-14,27H2,1-2H3,(H,28,33)(H,29,34)(H,30,35)(H,36,37)/t15-,16-,19+,20+,21+,22+/m0/s1. The van der Waals surface area contributed by atoms with Gasteiger partial charge in [0.05, 0.1) is 18.2 Å². The number of carboxylic acid groups (broad SMARTS) is 1. The Morgan fingerprint density at radius 3 is 1.62 bits per heavy atom. The van der Waals surface area contributed by atoms with Crippen LogP contribution < -0.4 is 21.7 Å². The molecular weight excluding hydrogens is 480 g/mol. The first kappa shape index (κ1) is 29.4. The molecule has 3 amide bonds. The van der Waals surface area contributed by atoms with Crippen LogP contribution in [0, 0.1) is 0 Å². The van der Waals surface area contributed by atoms with E-state index in [-0.39, 0.29) is 12.8 Å². The van der Waals surface area contributed by atoms with Gasteiger partial charge in [0.25, 0.3) is 0 Å². The summed E-state index contributed by atoms with van der Waals surface area (Å²) in [4.78, 5) is 50.1. The number of carbonyl (C=O) groups excluding carboxylic acids is 3. The molecule has 2 aromatic carbocycles. The van der Waals surface area contributed by atoms with Crippen LogP contribution in [-0.4, -0.2) is 75.4 Å². The van der Waals surface area contributed by atoms with E-state index < -0.39 is 60.1 Å². The molecule has 0 saturated carbocycles. The van der Waals surface area contributed by atoms with Crippen LogP contribution in [0.15, 0.2) is 60.7 Å². The van der Waals surface area contributed by atoms with Gasteiger partial charge in [0.2, 0.25) is 17.7 Å². The average molecular weight is 515 g/mol. The number of amides is 3. The first-order valence-corrected chi connectivity index (χ1v) is 11.8. The van der Waals surface area contributed by atoms with Crippen molar-refractivity contribution in [3.8, 4) is 0 Å². The van der Waals surface area contributed by atoms with Gasteiger partial charge in [0.15, 0.2) is 6.04 Å². The Kier molecular flexibility index (Phi) is 11.2. The van der Waals surface area contributed by atoms with Crippen LogP contribution in [0.4, 0.5) is 0 Å². The monoisotopic (exact) mass is 514 g/mol. The number of carboxylic acids is 1. The summed E-state index contributed by atoms with van der Waals surface area (Å²) >= 11 is 0. The molecule has 0 bridgehead atoms. The highest BCUT2D eigenvalue weighted by Gasteiger charge is 2.34. The molecule has 0 unspecified atom stereocenters. The third-order valence-electron chi connectivity index (χ3n) is 5.66. The molecule has 0 radical (unpaired) electrons. The molecule has 0 saturated heterocycles. The summed E-state index contributed by atoms with van der Waals surface area (Å²) in [5.74, 6) is -3.87. The topological polar surface area (TPSA) is 191 Å². The van der Waals surface area contributed by atoms with Crippen LogP contribution in [0.5, 0.6) is 0 Å². The number of benzene rings is 2. The van der Waals surface area contributed by atoms with Crippen LogP contribution in [-0.2, 0) is 32.0 Å². The molecule has 8 N–H and O–H groups in total. The number of aliphatic hydroxyl groups excluding tert-OH is 2. The summed E-state index contributed by atoms with van der Waals surface area (Å²) in [6.07, 6.45) is -2.54. The van der Waals surface area contributed by atoms with Crippen molar-refractivity contribution in [3.05, 3.63) is 71.8 Å². The first-order chi connectivity index (χ1) is 17.5. The Morgan fingerprint density at radius 2 is 1.16 bits per heavy atom. The summed E-state index contributed by atoms with van der Waals surface area (Å²) in [7, 11) is 0. The zero-order valence-corrected chi connectivity index (χ0v) is 20.7. The fourth-order valence-corrected chi connectivity index (χ4v) is 3.59. The lowest BCUT2D eigenvalue weighted by Crippen LogP contribution is -2.61. The fourth-order valence-electron chi connectivity index (χ4n) is 3.59. The van der Waals surface area contributed by atoms with Gasteiger partial charge >= 0.3 is 5.97 Å². The second kappa shape index (κ2) is 14.1. The molecule has 0 aliphatic rings. The summed E-state index contributed by atoms with van der Waals surface area (Å²) in [5.41, 5.74) is 7.63. The van der Waals surface area contributed by atoms with Gasteiger partial charge in [-0.3, -0.25) is 14.4 Å². The van der Waals surface area contributed by atoms with Crippen LogP contribution in [0.2, 0.25) is 0 Å². The maximum absolute atomic E-state index is 13.2. The van der Waals surface area contributed by atoms with Crippen molar-refractivity contribution in [2.24, 2.45) is 5.73 Å². The highest BCUT2D eigenvalue weighted by molar-refractivity contribution is 5.94. The van der Waals surface area contributed by atoms with Crippen molar-refractivity contribution >= 4 is 23.7 Å². The van der Waals surface area contributed by atoms with E-state index in [0.717, 1.165) is 11.1 Å². The summed E-state index contributed by atoms with van der Waals surface area (Å²) in [5, 5.41) is 36.1. The SMILES string of the molecule is C[C@H](O)[C@@H](NC(=O)[C@H](NC(=O)[C@@H](Cc1ccccc1)NC(=O)[C@H](N)Cc1ccccc1)[C@H](C)O)C(=O)O. The Bertz CT molecular complexity index is 1050. The fraction of sp³-hybridized carbons (Fsp3) is 0.385. The lowest BCUT2D eigenvalue weighted by atomic mass is 10.0. The number of rotatable bonds is 13. The van der Waals surface area contributed by atoms with Gasteiger partial charge in [-0.2, -0.15) is 0 Å². The summed E-state index contributed by atoms with van der Waals surface area (Å²) in [6, 6.07) is 12.7. The van der Waals surface area contributed by atoms with Gasteiger partial charge in [-0.15, -0.1) is 0 Å². The lowest BCUT2D eigenvalue weighted by molar-refractivity contribution is -0.146. The van der Waals surface area contributed by atoms with E-state index in [4.69, 9.17) is 5.73 Å². The predicted octanol–water partition coefficient (Wildman–Crippen LogP) is -0.900. The van der Waals surface area contributed by atoms with Gasteiger partial charge in [-0.1, -0.05) is 60.7 Å². The van der Waals surface area contributed by atoms with Crippen molar-refractivity contribution in [3.63, 3.8) is 0 Å². The molecule has 11 heteroatoms. The maximum Gasteiger partial charge on any atom is 0.328 e. The van der Waals surface area contributed by atoms with Crippen molar-refractivity contribution in [2.75, 3.05) is 0 Å². The van der Waals surface area contributed by atoms with Gasteiger partial charge < -0.3 is 37.0 Å². The van der Waals surface area contributed by atoms with E-state index in [1.54, 1.807) is 30.3 Å². The molecule has 11 nitrogen and oxygen atoms in total. The smallest absolute Gasteiger partial charge is 0.328 e. The molecular formula is C26H34N4O7. The van der Waals surface area contributed by atoms with Crippen LogP contribution in [0.25, 0.3) is 0 Å². The van der Waals surface area contributed by atoms with Crippen LogP contribution in [0.1, 0.15) is 25.0 Å². The first-order valence-electron chi connectivity index (χ1n) is 11.8. The molecule has 2 rings (SSSR count). The summed E-state index contributed by atoms with van der Waals surface area (Å²) < 4.78 is 0. The van der Waals surface area contributed by atoms with E-state index >= 15 is 0 Å². The van der Waals surface area contributed by atoms with Gasteiger partial charge in [-0.25, -0.2) is 4.79 Å². The number of carbonyl (C=O) groups is 4. The van der Waals surface area contributed by atoms with E-state index in [0.29, 0.717) is 0 Å². The van der Waals surface area contributed by atoms with E-state index in [9.17, 15) is 34.5 Å². The predicted molar refractivity (Wildman–Crippen MR) is 135 cm³/mol. The van der Waals surface area contributed by atoms with Gasteiger partial charge in [-0.05, 0) is 31.4 Å². The number of hydrogen-bond acceptors (Lipinski definition) is 7. The van der Waals surface area contributed by atoms with E-state index in [1.807, 2.05) is 30.3 Å². The molecule has 0 fully saturated rings. The lowest BCUT2D eigenvalue weighted by Gasteiger charge is -2.27. The van der Waals surface area contributed by atoms with Gasteiger partial charge in [0.1, 0.15) is 12.1 Å². The number of nitrogens with two attached hydrogens (primary N) is 1. The van der Waals surface area contributed by atoms with Crippen molar-refractivity contribution in [1.82, 2.24) is 16.0 Å². The molecule has 37 heavy (non-hydrogen) atoms. The van der Waals surface area contributed by atoms with Crippen LogP contribution >= 0.6 is 0 Å². The maximum atomic E-state index is 13.2. The zero-order valence-electron chi connectivity index (χ0n) is 20.7. The molecule has 0 aliphatic carbocycles. The minimum atomic E-state index is -1.65. The molecule has 0 heterocycles. The second-order valence-corrected chi connectivity index (χ2v) is 8.84. The number of aliphatic carboxylic acids is 1. The Balaban J connectivity index is 2.19. The molecule has 0 spiro atoms. The minimum Gasteiger partial charge on any atom is -0.480 e. The van der Waals surface area contributed by atoms with Crippen molar-refractivity contribution in [2.45, 2.75) is 63.1 Å². The average Bonchev–Trinajstić information content (AvgIpc) is 2.85. The third kappa shape index (κ3) is 9.30. The van der Waals surface area contributed by atoms with Crippen LogP contribution in [0.3, 0.4) is 0 Å². The summed E-state index contributed by atoms with van der Waals surface area (Å²) in [6.45, 7) is 2.42. The Hall–Kier alpha value is -3.80. The Labute approximate surface area is 215 Å². The van der Waals surface area contributed by atoms with Crippen molar-refractivity contribution in [1.29, 1.82) is 0 Å². The molecule has 2 aromatic rings. The third-order valence-corrected chi connectivity index (χ3v) is 5.66. The molecule has 6 atom stereocenters. The molecule has 0 aromatic heterocycles. The largest absolute Gasteiger partial charge is 0.480 e. The number of aliphatic hydroxyl groups is 2. The number of nitrogens with one attached hydrogen (secondary N) is 3. The number of hydrogen-bond donors (Lipinski definition) is 7.